The van der Waals surface area contributed by atoms with Gasteiger partial charge in [0.25, 0.3) is 0 Å². The molecule has 3 rings (SSSR count). The summed E-state index contributed by atoms with van der Waals surface area (Å²) in [6, 6.07) is 11.9. The Kier molecular flexibility index (Phi) is 7.05. The van der Waals surface area contributed by atoms with Gasteiger partial charge >= 0.3 is 0 Å². The molecule has 0 atom stereocenters. The highest BCUT2D eigenvalue weighted by atomic mass is 32.2. The van der Waals surface area contributed by atoms with Gasteiger partial charge in [0.05, 0.1) is 24.2 Å². The summed E-state index contributed by atoms with van der Waals surface area (Å²) in [6.45, 7) is 7.69. The summed E-state index contributed by atoms with van der Waals surface area (Å²) < 4.78 is 27.8. The molecule has 7 heteroatoms. The van der Waals surface area contributed by atoms with E-state index in [1.807, 2.05) is 75.0 Å². The van der Waals surface area contributed by atoms with E-state index in [1.54, 1.807) is 12.4 Å². The Morgan fingerprint density at radius 2 is 1.80 bits per heavy atom. The van der Waals surface area contributed by atoms with Crippen molar-refractivity contribution in [1.82, 2.24) is 19.4 Å². The predicted octanol–water partition coefficient (Wildman–Crippen LogP) is 3.70. The lowest BCUT2D eigenvalue weighted by Gasteiger charge is -2.20. The third kappa shape index (κ3) is 5.55. The van der Waals surface area contributed by atoms with Gasteiger partial charge in [-0.1, -0.05) is 44.2 Å². The van der Waals surface area contributed by atoms with Gasteiger partial charge in [-0.2, -0.15) is 0 Å². The normalized spacial score (nSPS) is 12.1. The van der Waals surface area contributed by atoms with Gasteiger partial charge in [-0.05, 0) is 42.6 Å². The van der Waals surface area contributed by atoms with Crippen LogP contribution in [0.1, 0.15) is 36.2 Å². The van der Waals surface area contributed by atoms with Crippen molar-refractivity contribution in [3.8, 4) is 0 Å². The minimum atomic E-state index is -3.47. The maximum absolute atomic E-state index is 13.0. The van der Waals surface area contributed by atoms with Crippen LogP contribution in [0.15, 0.2) is 60.1 Å². The quantitative estimate of drug-likeness (QED) is 0.522. The largest absolute Gasteiger partial charge is 0.313 e. The van der Waals surface area contributed by atoms with Crippen LogP contribution in [0, 0.1) is 12.8 Å². The van der Waals surface area contributed by atoms with Crippen LogP contribution in [-0.2, 0) is 29.5 Å². The molecule has 0 bridgehead atoms. The first-order valence-corrected chi connectivity index (χ1v) is 11.8. The van der Waals surface area contributed by atoms with Gasteiger partial charge < -0.3 is 4.57 Å². The van der Waals surface area contributed by atoms with Crippen LogP contribution in [0.25, 0.3) is 0 Å². The number of imidazole rings is 1. The molecule has 0 aliphatic rings. The van der Waals surface area contributed by atoms with E-state index in [1.165, 1.54) is 5.56 Å². The number of aromatic nitrogens is 3. The van der Waals surface area contributed by atoms with E-state index in [-0.39, 0.29) is 16.8 Å². The number of sulfone groups is 1. The molecule has 160 valence electrons. The molecule has 2 heterocycles. The zero-order chi connectivity index (χ0) is 21.7. The van der Waals surface area contributed by atoms with Crippen LogP contribution >= 0.6 is 0 Å². The summed E-state index contributed by atoms with van der Waals surface area (Å²) in [7, 11) is -1.44. The van der Waals surface area contributed by atoms with Gasteiger partial charge in [0.15, 0.2) is 0 Å². The minimum Gasteiger partial charge on any atom is -0.313 e. The molecule has 2 aromatic heterocycles. The molecule has 0 radical (unpaired) electrons. The summed E-state index contributed by atoms with van der Waals surface area (Å²) in [5.74, 6) is 0.127. The fourth-order valence-electron chi connectivity index (χ4n) is 3.52. The van der Waals surface area contributed by atoms with Crippen LogP contribution in [0.3, 0.4) is 0 Å². The second-order valence-electron chi connectivity index (χ2n) is 8.25. The summed E-state index contributed by atoms with van der Waals surface area (Å²) >= 11 is 0. The number of pyridine rings is 1. The van der Waals surface area contributed by atoms with Crippen LogP contribution in [0.5, 0.6) is 0 Å². The smallest absolute Gasteiger partial charge is 0.228 e. The number of nitrogens with zero attached hydrogens (tertiary/aromatic N) is 4. The van der Waals surface area contributed by atoms with E-state index in [4.69, 9.17) is 0 Å². The van der Waals surface area contributed by atoms with Gasteiger partial charge in [0.1, 0.15) is 0 Å². The molecule has 0 fully saturated rings. The molecule has 0 aliphatic heterocycles. The van der Waals surface area contributed by atoms with E-state index in [0.29, 0.717) is 13.1 Å². The minimum absolute atomic E-state index is 0.0395. The van der Waals surface area contributed by atoms with Gasteiger partial charge in [-0.25, -0.2) is 13.4 Å². The van der Waals surface area contributed by atoms with Gasteiger partial charge in [0.2, 0.25) is 15.0 Å². The molecule has 6 nitrogen and oxygen atoms in total. The predicted molar refractivity (Wildman–Crippen MR) is 119 cm³/mol. The third-order valence-corrected chi connectivity index (χ3v) is 6.91. The molecular weight excluding hydrogens is 396 g/mol. The van der Waals surface area contributed by atoms with Crippen molar-refractivity contribution in [3.63, 3.8) is 0 Å². The molecule has 0 amide bonds. The molecule has 0 saturated heterocycles. The van der Waals surface area contributed by atoms with E-state index in [2.05, 4.69) is 14.9 Å². The second-order valence-corrected chi connectivity index (χ2v) is 10.2. The van der Waals surface area contributed by atoms with Crippen LogP contribution in [0.2, 0.25) is 0 Å². The standard InChI is InChI=1S/C23H30N4O2S/c1-18(2)17-30(28,29)23-25-13-22(27(23)14-20-8-6-5-7-9-20)16-26(4)15-21-10-11-24-12-19(21)3/h5-13,18H,14-17H2,1-4H3. The number of rotatable bonds is 9. The topological polar surface area (TPSA) is 68.1 Å². The van der Waals surface area contributed by atoms with Crippen molar-refractivity contribution in [2.45, 2.75) is 45.6 Å². The Labute approximate surface area is 179 Å². The van der Waals surface area contributed by atoms with Crippen LogP contribution in [0.4, 0.5) is 0 Å². The first kappa shape index (κ1) is 22.2. The Balaban J connectivity index is 1.90. The summed E-state index contributed by atoms with van der Waals surface area (Å²) in [5.41, 5.74) is 4.28. The van der Waals surface area contributed by atoms with Gasteiger partial charge in [-0.3, -0.25) is 9.88 Å². The Morgan fingerprint density at radius 3 is 2.47 bits per heavy atom. The number of aryl methyl sites for hydroxylation is 1. The Hall–Kier alpha value is -2.51. The van der Waals surface area contributed by atoms with Gasteiger partial charge in [0, 0.05) is 25.5 Å². The highest BCUT2D eigenvalue weighted by Crippen LogP contribution is 2.20. The Bertz CT molecular complexity index is 1080. The number of benzene rings is 1. The molecule has 0 unspecified atom stereocenters. The lowest BCUT2D eigenvalue weighted by atomic mass is 10.1. The number of hydrogen-bond donors (Lipinski definition) is 0. The molecule has 30 heavy (non-hydrogen) atoms. The van der Waals surface area contributed by atoms with Crippen LogP contribution < -0.4 is 0 Å². The summed E-state index contributed by atoms with van der Waals surface area (Å²) in [5, 5.41) is 0.156. The van der Waals surface area contributed by atoms with E-state index >= 15 is 0 Å². The van der Waals surface area contributed by atoms with Gasteiger partial charge in [-0.15, -0.1) is 0 Å². The molecule has 0 spiro atoms. The average Bonchev–Trinajstić information content (AvgIpc) is 3.06. The third-order valence-electron chi connectivity index (χ3n) is 4.92. The first-order valence-electron chi connectivity index (χ1n) is 10.2. The van der Waals surface area contributed by atoms with Crippen molar-refractivity contribution in [1.29, 1.82) is 0 Å². The maximum atomic E-state index is 13.0. The molecule has 0 N–H and O–H groups in total. The molecular formula is C23H30N4O2S. The zero-order valence-corrected chi connectivity index (χ0v) is 18.9. The average molecular weight is 427 g/mol. The maximum Gasteiger partial charge on any atom is 0.228 e. The zero-order valence-electron chi connectivity index (χ0n) is 18.1. The number of hydrogen-bond acceptors (Lipinski definition) is 5. The molecule has 0 aliphatic carbocycles. The van der Waals surface area contributed by atoms with Crippen LogP contribution in [-0.4, -0.2) is 40.7 Å². The van der Waals surface area contributed by atoms with Crippen molar-refractivity contribution in [3.05, 3.63) is 77.4 Å². The van der Waals surface area contributed by atoms with E-state index in [9.17, 15) is 8.42 Å². The highest BCUT2D eigenvalue weighted by molar-refractivity contribution is 7.91. The monoisotopic (exact) mass is 426 g/mol. The van der Waals surface area contributed by atoms with E-state index in [0.717, 1.165) is 23.4 Å². The first-order chi connectivity index (χ1) is 14.3. The lowest BCUT2D eigenvalue weighted by Crippen LogP contribution is -2.23. The Morgan fingerprint density at radius 1 is 1.07 bits per heavy atom. The highest BCUT2D eigenvalue weighted by Gasteiger charge is 2.25. The molecule has 3 aromatic rings. The summed E-state index contributed by atoms with van der Waals surface area (Å²) in [4.78, 5) is 10.7. The lowest BCUT2D eigenvalue weighted by molar-refractivity contribution is 0.308. The van der Waals surface area contributed by atoms with Crippen molar-refractivity contribution in [2.75, 3.05) is 12.8 Å². The fourth-order valence-corrected chi connectivity index (χ4v) is 5.28. The second kappa shape index (κ2) is 9.53. The van der Waals surface area contributed by atoms with Crippen molar-refractivity contribution < 1.29 is 8.42 Å². The molecule has 0 saturated carbocycles. The van der Waals surface area contributed by atoms with E-state index < -0.39 is 9.84 Å². The fraction of sp³-hybridized carbons (Fsp3) is 0.391. The SMILES string of the molecule is Cc1cnccc1CN(C)Cc1cnc(S(=O)(=O)CC(C)C)n1Cc1ccccc1. The van der Waals surface area contributed by atoms with Crippen molar-refractivity contribution >= 4 is 9.84 Å². The summed E-state index contributed by atoms with van der Waals surface area (Å²) in [6.07, 6.45) is 5.36. The van der Waals surface area contributed by atoms with Crippen molar-refractivity contribution in [2.24, 2.45) is 5.92 Å². The molecule has 1 aromatic carbocycles.